The van der Waals surface area contributed by atoms with E-state index in [0.717, 1.165) is 22.2 Å². The van der Waals surface area contributed by atoms with Gasteiger partial charge in [0.1, 0.15) is 11.6 Å². The summed E-state index contributed by atoms with van der Waals surface area (Å²) in [5, 5.41) is 16.6. The van der Waals surface area contributed by atoms with Gasteiger partial charge in [0.15, 0.2) is 0 Å². The molecule has 1 aromatic heterocycles. The first-order valence-corrected chi connectivity index (χ1v) is 8.28. The van der Waals surface area contributed by atoms with Gasteiger partial charge in [-0.3, -0.25) is 9.78 Å². The molecule has 0 aliphatic heterocycles. The van der Waals surface area contributed by atoms with Crippen molar-refractivity contribution in [3.63, 3.8) is 0 Å². The zero-order chi connectivity index (χ0) is 18.4. The van der Waals surface area contributed by atoms with E-state index in [4.69, 9.17) is 11.6 Å². The van der Waals surface area contributed by atoms with Gasteiger partial charge in [0.2, 0.25) is 0 Å². The summed E-state index contributed by atoms with van der Waals surface area (Å²) in [6.07, 6.45) is 3.09. The second-order valence-electron chi connectivity index (χ2n) is 5.50. The van der Waals surface area contributed by atoms with Gasteiger partial charge in [-0.2, -0.15) is 5.26 Å². The molecule has 0 fully saturated rings. The maximum Gasteiger partial charge on any atom is 0.263 e. The van der Waals surface area contributed by atoms with Crippen LogP contribution in [0.15, 0.2) is 72.6 Å². The molecule has 128 valence electrons. The van der Waals surface area contributed by atoms with Crippen LogP contribution in [0.2, 0.25) is 5.02 Å². The van der Waals surface area contributed by atoms with Crippen LogP contribution in [0.3, 0.4) is 0 Å². The van der Waals surface area contributed by atoms with Crippen LogP contribution in [0, 0.1) is 11.3 Å². The number of aromatic nitrogens is 1. The number of para-hydroxylation sites is 1. The average Bonchev–Trinajstić information content (AvgIpc) is 2.68. The molecule has 0 aliphatic rings. The number of carbonyl (C=O) groups is 1. The van der Waals surface area contributed by atoms with Gasteiger partial charge in [-0.1, -0.05) is 41.9 Å². The highest BCUT2D eigenvalue weighted by molar-refractivity contribution is 6.30. The maximum absolute atomic E-state index is 12.2. The fourth-order valence-corrected chi connectivity index (χ4v) is 2.53. The molecule has 5 nitrogen and oxygen atoms in total. The smallest absolute Gasteiger partial charge is 0.263 e. The van der Waals surface area contributed by atoms with Crippen LogP contribution in [0.1, 0.15) is 5.56 Å². The number of nitrogens with zero attached hydrogens (tertiary/aromatic N) is 2. The number of fused-ring (bicyclic) bond motifs is 1. The first-order valence-electron chi connectivity index (χ1n) is 7.90. The molecule has 0 bridgehead atoms. The van der Waals surface area contributed by atoms with E-state index in [-0.39, 0.29) is 5.57 Å². The van der Waals surface area contributed by atoms with Crippen molar-refractivity contribution in [1.82, 2.24) is 10.3 Å². The molecule has 0 atom stereocenters. The number of hydrogen-bond acceptors (Lipinski definition) is 4. The highest BCUT2D eigenvalue weighted by Gasteiger charge is 2.09. The van der Waals surface area contributed by atoms with E-state index >= 15 is 0 Å². The molecule has 0 saturated heterocycles. The first kappa shape index (κ1) is 17.5. The molecule has 0 unspecified atom stereocenters. The quantitative estimate of drug-likeness (QED) is 0.530. The molecule has 3 aromatic rings. The highest BCUT2D eigenvalue weighted by atomic mass is 35.5. The van der Waals surface area contributed by atoms with Gasteiger partial charge in [0.05, 0.1) is 11.2 Å². The zero-order valence-electron chi connectivity index (χ0n) is 13.7. The highest BCUT2D eigenvalue weighted by Crippen LogP contribution is 2.20. The maximum atomic E-state index is 12.2. The van der Waals surface area contributed by atoms with Crippen molar-refractivity contribution in [2.75, 3.05) is 5.32 Å². The Morgan fingerprint density at radius 3 is 2.69 bits per heavy atom. The number of nitriles is 1. The third-order valence-corrected chi connectivity index (χ3v) is 3.99. The second-order valence-corrected chi connectivity index (χ2v) is 5.94. The van der Waals surface area contributed by atoms with Crippen molar-refractivity contribution < 1.29 is 4.79 Å². The summed E-state index contributed by atoms with van der Waals surface area (Å²) < 4.78 is 0. The molecule has 1 amide bonds. The number of anilines is 1. The van der Waals surface area contributed by atoms with Crippen LogP contribution in [0.5, 0.6) is 0 Å². The van der Waals surface area contributed by atoms with Crippen LogP contribution < -0.4 is 10.6 Å². The normalized spacial score (nSPS) is 11.0. The molecule has 0 radical (unpaired) electrons. The van der Waals surface area contributed by atoms with Gasteiger partial charge in [0, 0.05) is 29.4 Å². The second kappa shape index (κ2) is 8.15. The minimum absolute atomic E-state index is 0.0214. The fourth-order valence-electron chi connectivity index (χ4n) is 2.40. The van der Waals surface area contributed by atoms with E-state index in [1.54, 1.807) is 18.3 Å². The molecule has 26 heavy (non-hydrogen) atoms. The Morgan fingerprint density at radius 2 is 1.92 bits per heavy atom. The summed E-state index contributed by atoms with van der Waals surface area (Å²) in [7, 11) is 0. The topological polar surface area (TPSA) is 77.8 Å². The van der Waals surface area contributed by atoms with Crippen molar-refractivity contribution >= 4 is 34.1 Å². The standard InChI is InChI=1S/C20H15ClN4O/c21-17-8-6-14(7-9-17)12-25-20(26)16(11-22)13-24-18-5-1-3-15-4-2-10-23-19(15)18/h1-10,13,24H,12H2,(H,25,26)/b16-13-. The van der Waals surface area contributed by atoms with E-state index in [0.29, 0.717) is 11.6 Å². The lowest BCUT2D eigenvalue weighted by atomic mass is 10.2. The molecule has 1 heterocycles. The monoisotopic (exact) mass is 362 g/mol. The van der Waals surface area contributed by atoms with Gasteiger partial charge in [0.25, 0.3) is 5.91 Å². The van der Waals surface area contributed by atoms with Gasteiger partial charge in [-0.25, -0.2) is 0 Å². The van der Waals surface area contributed by atoms with E-state index < -0.39 is 5.91 Å². The van der Waals surface area contributed by atoms with Crippen LogP contribution in [-0.2, 0) is 11.3 Å². The number of benzene rings is 2. The number of rotatable bonds is 5. The van der Waals surface area contributed by atoms with E-state index in [1.807, 2.05) is 48.5 Å². The zero-order valence-corrected chi connectivity index (χ0v) is 14.5. The Kier molecular flexibility index (Phi) is 5.47. The SMILES string of the molecule is N#C/C(=C/Nc1cccc2cccnc12)C(=O)NCc1ccc(Cl)cc1. The Bertz CT molecular complexity index is 1000. The number of amides is 1. The van der Waals surface area contributed by atoms with Gasteiger partial charge in [-0.15, -0.1) is 0 Å². The number of pyridine rings is 1. The number of nitrogens with one attached hydrogen (secondary N) is 2. The third kappa shape index (κ3) is 4.18. The number of hydrogen-bond donors (Lipinski definition) is 2. The predicted molar refractivity (Wildman–Crippen MR) is 102 cm³/mol. The Morgan fingerprint density at radius 1 is 1.15 bits per heavy atom. The minimum Gasteiger partial charge on any atom is -0.358 e. The molecule has 0 spiro atoms. The molecule has 3 rings (SSSR count). The van der Waals surface area contributed by atoms with Crippen LogP contribution in [-0.4, -0.2) is 10.9 Å². The van der Waals surface area contributed by atoms with E-state index in [2.05, 4.69) is 15.6 Å². The van der Waals surface area contributed by atoms with Gasteiger partial charge >= 0.3 is 0 Å². The summed E-state index contributed by atoms with van der Waals surface area (Å²) in [5.41, 5.74) is 2.37. The lowest BCUT2D eigenvalue weighted by molar-refractivity contribution is -0.117. The van der Waals surface area contributed by atoms with Crippen molar-refractivity contribution in [3.8, 4) is 6.07 Å². The molecule has 0 saturated carbocycles. The largest absolute Gasteiger partial charge is 0.358 e. The van der Waals surface area contributed by atoms with Crippen molar-refractivity contribution in [2.24, 2.45) is 0 Å². The van der Waals surface area contributed by atoms with Crippen LogP contribution in [0.4, 0.5) is 5.69 Å². The number of carbonyl (C=O) groups excluding carboxylic acids is 1. The Hall–Kier alpha value is -3.36. The fraction of sp³-hybridized carbons (Fsp3) is 0.0500. The van der Waals surface area contributed by atoms with Crippen molar-refractivity contribution in [1.29, 1.82) is 5.26 Å². The molecular formula is C20H15ClN4O. The van der Waals surface area contributed by atoms with Gasteiger partial charge < -0.3 is 10.6 Å². The predicted octanol–water partition coefficient (Wildman–Crippen LogP) is 4.02. The molecule has 2 aromatic carbocycles. The Labute approximate surface area is 155 Å². The third-order valence-electron chi connectivity index (χ3n) is 3.74. The van der Waals surface area contributed by atoms with Gasteiger partial charge in [-0.05, 0) is 29.8 Å². The first-order chi connectivity index (χ1) is 12.7. The summed E-state index contributed by atoms with van der Waals surface area (Å²) in [6.45, 7) is 0.310. The van der Waals surface area contributed by atoms with Crippen molar-refractivity contribution in [3.05, 3.63) is 83.2 Å². The van der Waals surface area contributed by atoms with Crippen LogP contribution in [0.25, 0.3) is 10.9 Å². The molecular weight excluding hydrogens is 348 g/mol. The summed E-state index contributed by atoms with van der Waals surface area (Å²) in [4.78, 5) is 16.5. The van der Waals surface area contributed by atoms with Crippen LogP contribution >= 0.6 is 11.6 Å². The van der Waals surface area contributed by atoms with E-state index in [9.17, 15) is 10.1 Å². The lowest BCUT2D eigenvalue weighted by Crippen LogP contribution is -2.24. The molecule has 6 heteroatoms. The molecule has 2 N–H and O–H groups in total. The van der Waals surface area contributed by atoms with Crippen molar-refractivity contribution in [2.45, 2.75) is 6.54 Å². The summed E-state index contributed by atoms with van der Waals surface area (Å²) in [6, 6.07) is 18.5. The average molecular weight is 363 g/mol. The lowest BCUT2D eigenvalue weighted by Gasteiger charge is -2.07. The Balaban J connectivity index is 1.70. The summed E-state index contributed by atoms with van der Waals surface area (Å²) in [5.74, 6) is -0.455. The summed E-state index contributed by atoms with van der Waals surface area (Å²) >= 11 is 5.84. The minimum atomic E-state index is -0.455. The number of halogens is 1. The van der Waals surface area contributed by atoms with E-state index in [1.165, 1.54) is 6.20 Å². The molecule has 0 aliphatic carbocycles.